The predicted octanol–water partition coefficient (Wildman–Crippen LogP) is 2.74. The lowest BCUT2D eigenvalue weighted by atomic mass is 9.93. The highest BCUT2D eigenvalue weighted by Gasteiger charge is 2.15. The standard InChI is InChI=1S/C10H12BrNO/c11-10-5-9(6-12-7-10)8-1-3-13-4-2-8/h5-8H,1-4H2/i1D2,2D2,5D,6D,7D,8D. The molecule has 1 aromatic heterocycles. The van der Waals surface area contributed by atoms with Crippen LogP contribution in [0, 0.1) is 0 Å². The molecule has 0 aliphatic carbocycles. The van der Waals surface area contributed by atoms with E-state index in [0.29, 0.717) is 0 Å². The van der Waals surface area contributed by atoms with Crippen LogP contribution in [0.5, 0.6) is 0 Å². The van der Waals surface area contributed by atoms with Gasteiger partial charge in [0.25, 0.3) is 0 Å². The Hall–Kier alpha value is -0.410. The predicted molar refractivity (Wildman–Crippen MR) is 54.7 cm³/mol. The van der Waals surface area contributed by atoms with Gasteiger partial charge in [-0.3, -0.25) is 4.98 Å². The molecule has 3 heteroatoms. The van der Waals surface area contributed by atoms with Crippen LogP contribution in [0.4, 0.5) is 0 Å². The largest absolute Gasteiger partial charge is 0.381 e. The highest BCUT2D eigenvalue weighted by atomic mass is 79.9. The lowest BCUT2D eigenvalue weighted by Crippen LogP contribution is -2.14. The van der Waals surface area contributed by atoms with Crippen LogP contribution in [0.2, 0.25) is 0 Å². The maximum absolute atomic E-state index is 8.42. The van der Waals surface area contributed by atoms with E-state index in [2.05, 4.69) is 20.9 Å². The van der Waals surface area contributed by atoms with Gasteiger partial charge in [0.15, 0.2) is 0 Å². The van der Waals surface area contributed by atoms with E-state index in [-0.39, 0.29) is 10.6 Å². The van der Waals surface area contributed by atoms with E-state index in [4.69, 9.17) is 15.7 Å². The maximum Gasteiger partial charge on any atom is 0.0852 e. The van der Waals surface area contributed by atoms with Crippen molar-refractivity contribution in [2.75, 3.05) is 13.2 Å². The molecule has 1 aliphatic heterocycles. The van der Waals surface area contributed by atoms with Crippen LogP contribution in [-0.2, 0) is 4.74 Å². The minimum atomic E-state index is -2.53. The SMILES string of the molecule is [2H]c1nc([2H])c(C2([2H])C([2H])([2H])COCC2([2H])[2H])c([2H])c1Br. The zero-order valence-corrected chi connectivity index (χ0v) is 8.23. The Morgan fingerprint density at radius 3 is 3.15 bits per heavy atom. The average molecular weight is 250 g/mol. The summed E-state index contributed by atoms with van der Waals surface area (Å²) in [5.41, 5.74) is -0.483. The number of aromatic nitrogens is 1. The third-order valence-electron chi connectivity index (χ3n) is 1.51. The summed E-state index contributed by atoms with van der Waals surface area (Å²) in [6.07, 6.45) is -5.93. The minimum absolute atomic E-state index is 0.0989. The summed E-state index contributed by atoms with van der Waals surface area (Å²) in [6, 6.07) is -0.468. The van der Waals surface area contributed by atoms with E-state index in [1.54, 1.807) is 0 Å². The minimum Gasteiger partial charge on any atom is -0.381 e. The van der Waals surface area contributed by atoms with Crippen LogP contribution < -0.4 is 0 Å². The van der Waals surface area contributed by atoms with Gasteiger partial charge >= 0.3 is 0 Å². The molecular formula is C10H12BrNO. The molecule has 1 aliphatic rings. The average Bonchev–Trinajstić information content (AvgIpc) is 2.33. The molecule has 0 unspecified atom stereocenters. The highest BCUT2D eigenvalue weighted by Crippen LogP contribution is 2.27. The van der Waals surface area contributed by atoms with Crippen LogP contribution in [0.15, 0.2) is 22.9 Å². The van der Waals surface area contributed by atoms with Crippen LogP contribution in [0.1, 0.15) is 35.2 Å². The second-order valence-corrected chi connectivity index (χ2v) is 3.16. The Morgan fingerprint density at radius 2 is 2.38 bits per heavy atom. The quantitative estimate of drug-likeness (QED) is 0.764. The van der Waals surface area contributed by atoms with Crippen LogP contribution >= 0.6 is 15.9 Å². The van der Waals surface area contributed by atoms with Crippen molar-refractivity contribution < 1.29 is 15.7 Å². The molecule has 0 spiro atoms. The summed E-state index contributed by atoms with van der Waals surface area (Å²) in [4.78, 5) is 3.56. The topological polar surface area (TPSA) is 22.1 Å². The Morgan fingerprint density at radius 1 is 1.62 bits per heavy atom. The van der Waals surface area contributed by atoms with Gasteiger partial charge in [0, 0.05) is 36.9 Å². The van der Waals surface area contributed by atoms with Gasteiger partial charge in [0.2, 0.25) is 0 Å². The van der Waals surface area contributed by atoms with E-state index in [1.807, 2.05) is 0 Å². The molecule has 2 rings (SSSR count). The zero-order chi connectivity index (χ0) is 16.2. The molecule has 0 aromatic carbocycles. The van der Waals surface area contributed by atoms with Gasteiger partial charge in [-0.2, -0.15) is 0 Å². The number of hydrogen-bond acceptors (Lipinski definition) is 2. The lowest BCUT2D eigenvalue weighted by Gasteiger charge is -2.21. The summed E-state index contributed by atoms with van der Waals surface area (Å²) in [5.74, 6) is -2.53. The molecule has 2 heterocycles. The Bertz CT molecular complexity index is 577. The Kier molecular flexibility index (Phi) is 1.17. The molecule has 0 atom stereocenters. The van der Waals surface area contributed by atoms with Crippen molar-refractivity contribution in [3.8, 4) is 0 Å². The van der Waals surface area contributed by atoms with E-state index in [9.17, 15) is 0 Å². The van der Waals surface area contributed by atoms with Crippen molar-refractivity contribution >= 4 is 15.9 Å². The molecule has 0 amide bonds. The summed E-state index contributed by atoms with van der Waals surface area (Å²) < 4.78 is 68.3. The zero-order valence-electron chi connectivity index (χ0n) is 14.6. The molecule has 0 radical (unpaired) electrons. The number of halogens is 1. The van der Waals surface area contributed by atoms with Gasteiger partial charge in [-0.25, -0.2) is 0 Å². The fraction of sp³-hybridized carbons (Fsp3) is 0.500. The summed E-state index contributed by atoms with van der Waals surface area (Å²) in [6.45, 7) is -1.04. The molecule has 0 saturated carbocycles. The van der Waals surface area contributed by atoms with Crippen LogP contribution in [0.25, 0.3) is 0 Å². The first-order valence-electron chi connectivity index (χ1n) is 7.67. The molecule has 13 heavy (non-hydrogen) atoms. The van der Waals surface area contributed by atoms with Crippen LogP contribution in [-0.4, -0.2) is 18.2 Å². The van der Waals surface area contributed by atoms with Crippen LogP contribution in [0.3, 0.4) is 0 Å². The third kappa shape index (κ3) is 2.29. The number of hydrogen-bond donors (Lipinski definition) is 0. The molecule has 1 aromatic rings. The van der Waals surface area contributed by atoms with E-state index >= 15 is 0 Å². The van der Waals surface area contributed by atoms with Gasteiger partial charge in [-0.1, -0.05) is 0 Å². The Balaban J connectivity index is 2.81. The molecule has 1 fully saturated rings. The summed E-state index contributed by atoms with van der Waals surface area (Å²) in [5, 5.41) is 0. The fourth-order valence-electron chi connectivity index (χ4n) is 0.954. The second kappa shape index (κ2) is 4.20. The van der Waals surface area contributed by atoms with Gasteiger partial charge in [-0.05, 0) is 46.2 Å². The number of nitrogens with zero attached hydrogens (tertiary/aromatic N) is 1. The van der Waals surface area contributed by atoms with Crippen molar-refractivity contribution in [2.24, 2.45) is 0 Å². The first kappa shape index (κ1) is 3.63. The lowest BCUT2D eigenvalue weighted by molar-refractivity contribution is 0.0852. The number of ether oxygens (including phenoxy) is 1. The summed E-state index contributed by atoms with van der Waals surface area (Å²) in [7, 11) is 0. The second-order valence-electron chi connectivity index (χ2n) is 2.37. The van der Waals surface area contributed by atoms with E-state index in [1.165, 1.54) is 0 Å². The van der Waals surface area contributed by atoms with E-state index < -0.39 is 49.6 Å². The van der Waals surface area contributed by atoms with Gasteiger partial charge in [-0.15, -0.1) is 0 Å². The normalized spacial score (nSPS) is 37.9. The molecular weight excluding hydrogens is 230 g/mol. The van der Waals surface area contributed by atoms with Crippen molar-refractivity contribution in [1.29, 1.82) is 0 Å². The van der Waals surface area contributed by atoms with Gasteiger partial charge in [0.05, 0.1) is 4.11 Å². The number of rotatable bonds is 1. The molecule has 0 bridgehead atoms. The summed E-state index contributed by atoms with van der Waals surface area (Å²) >= 11 is 2.95. The van der Waals surface area contributed by atoms with Crippen molar-refractivity contribution in [2.45, 2.75) is 18.6 Å². The molecule has 1 saturated heterocycles. The highest BCUT2D eigenvalue weighted by molar-refractivity contribution is 9.10. The van der Waals surface area contributed by atoms with Crippen molar-refractivity contribution in [3.63, 3.8) is 0 Å². The third-order valence-corrected chi connectivity index (χ3v) is 1.88. The smallest absolute Gasteiger partial charge is 0.0852 e. The monoisotopic (exact) mass is 249 g/mol. The Labute approximate surface area is 97.7 Å². The fourth-order valence-corrected chi connectivity index (χ4v) is 1.24. The molecule has 2 nitrogen and oxygen atoms in total. The van der Waals surface area contributed by atoms with Gasteiger partial charge < -0.3 is 4.74 Å². The van der Waals surface area contributed by atoms with Crippen molar-refractivity contribution in [3.05, 3.63) is 28.4 Å². The number of pyridine rings is 1. The maximum atomic E-state index is 8.42. The van der Waals surface area contributed by atoms with Gasteiger partial charge in [0.1, 0.15) is 0 Å². The van der Waals surface area contributed by atoms with E-state index in [0.717, 1.165) is 0 Å². The first-order chi connectivity index (χ1) is 9.46. The first-order valence-corrected chi connectivity index (χ1v) is 4.46. The van der Waals surface area contributed by atoms with Crippen molar-refractivity contribution in [1.82, 2.24) is 4.98 Å². The molecule has 70 valence electrons. The molecule has 0 N–H and O–H groups in total.